The molecule has 0 aliphatic carbocycles. The number of hydrogen-bond donors (Lipinski definition) is 1. The SMILES string of the molecule is CC1CN(C(=O)c2ccc(Cn3ccccc3=O)o2)CC(C)N1. The topological polar surface area (TPSA) is 67.5 Å². The minimum Gasteiger partial charge on any atom is -0.454 e. The van der Waals surface area contributed by atoms with E-state index in [0.717, 1.165) is 0 Å². The van der Waals surface area contributed by atoms with Gasteiger partial charge in [-0.2, -0.15) is 0 Å². The van der Waals surface area contributed by atoms with Gasteiger partial charge >= 0.3 is 0 Å². The Morgan fingerprint density at radius 3 is 2.65 bits per heavy atom. The molecule has 122 valence electrons. The Morgan fingerprint density at radius 1 is 1.22 bits per heavy atom. The molecule has 0 aromatic carbocycles. The molecule has 3 heterocycles. The Kier molecular flexibility index (Phi) is 4.34. The zero-order chi connectivity index (χ0) is 16.4. The molecule has 0 bridgehead atoms. The van der Waals surface area contributed by atoms with E-state index in [1.807, 2.05) is 4.90 Å². The standard InChI is InChI=1S/C17H21N3O3/c1-12-9-20(10-13(2)18-12)17(22)15-7-6-14(23-15)11-19-8-4-3-5-16(19)21/h3-8,12-13,18H,9-11H2,1-2H3. The average molecular weight is 315 g/mol. The molecule has 0 radical (unpaired) electrons. The minimum absolute atomic E-state index is 0.0958. The van der Waals surface area contributed by atoms with Gasteiger partial charge in [0.05, 0.1) is 6.54 Å². The van der Waals surface area contributed by atoms with Crippen LogP contribution in [0.15, 0.2) is 45.7 Å². The molecule has 1 aliphatic rings. The highest BCUT2D eigenvalue weighted by Gasteiger charge is 2.27. The van der Waals surface area contributed by atoms with Crippen molar-refractivity contribution in [3.05, 3.63) is 58.4 Å². The predicted octanol–water partition coefficient (Wildman–Crippen LogP) is 1.31. The first-order valence-electron chi connectivity index (χ1n) is 7.82. The van der Waals surface area contributed by atoms with E-state index in [9.17, 15) is 9.59 Å². The van der Waals surface area contributed by atoms with Crippen molar-refractivity contribution in [2.75, 3.05) is 13.1 Å². The maximum Gasteiger partial charge on any atom is 0.289 e. The molecule has 6 heteroatoms. The molecule has 1 amide bonds. The van der Waals surface area contributed by atoms with Crippen molar-refractivity contribution >= 4 is 5.91 Å². The molecule has 1 fully saturated rings. The summed E-state index contributed by atoms with van der Waals surface area (Å²) in [6.07, 6.45) is 1.70. The summed E-state index contributed by atoms with van der Waals surface area (Å²) in [5, 5.41) is 3.40. The van der Waals surface area contributed by atoms with Gasteiger partial charge in [-0.05, 0) is 32.0 Å². The number of amides is 1. The van der Waals surface area contributed by atoms with Gasteiger partial charge in [0.1, 0.15) is 5.76 Å². The van der Waals surface area contributed by atoms with Crippen molar-refractivity contribution in [2.45, 2.75) is 32.5 Å². The van der Waals surface area contributed by atoms with E-state index in [4.69, 9.17) is 4.42 Å². The monoisotopic (exact) mass is 315 g/mol. The van der Waals surface area contributed by atoms with Crippen molar-refractivity contribution in [3.63, 3.8) is 0 Å². The highest BCUT2D eigenvalue weighted by molar-refractivity contribution is 5.91. The third-order valence-corrected chi connectivity index (χ3v) is 3.94. The summed E-state index contributed by atoms with van der Waals surface area (Å²) in [7, 11) is 0. The fourth-order valence-corrected chi connectivity index (χ4v) is 2.99. The molecule has 0 spiro atoms. The van der Waals surface area contributed by atoms with E-state index < -0.39 is 0 Å². The third kappa shape index (κ3) is 3.53. The van der Waals surface area contributed by atoms with Crippen LogP contribution in [0.2, 0.25) is 0 Å². The Hall–Kier alpha value is -2.34. The smallest absolute Gasteiger partial charge is 0.289 e. The lowest BCUT2D eigenvalue weighted by molar-refractivity contribution is 0.0640. The number of hydrogen-bond acceptors (Lipinski definition) is 4. The van der Waals surface area contributed by atoms with Crippen LogP contribution in [-0.2, 0) is 6.54 Å². The van der Waals surface area contributed by atoms with E-state index in [1.54, 1.807) is 35.0 Å². The summed E-state index contributed by atoms with van der Waals surface area (Å²) in [6.45, 7) is 5.77. The average Bonchev–Trinajstić information content (AvgIpc) is 2.96. The van der Waals surface area contributed by atoms with Crippen LogP contribution < -0.4 is 10.9 Å². The quantitative estimate of drug-likeness (QED) is 0.927. The van der Waals surface area contributed by atoms with Gasteiger partial charge in [-0.3, -0.25) is 9.59 Å². The van der Waals surface area contributed by atoms with E-state index in [-0.39, 0.29) is 23.6 Å². The van der Waals surface area contributed by atoms with Crippen LogP contribution >= 0.6 is 0 Å². The largest absolute Gasteiger partial charge is 0.454 e. The molecule has 3 rings (SSSR count). The van der Waals surface area contributed by atoms with Crippen LogP contribution in [0.25, 0.3) is 0 Å². The van der Waals surface area contributed by atoms with Crippen molar-refractivity contribution in [3.8, 4) is 0 Å². The van der Waals surface area contributed by atoms with Crippen LogP contribution in [0.4, 0.5) is 0 Å². The zero-order valence-corrected chi connectivity index (χ0v) is 13.4. The number of nitrogens with one attached hydrogen (secondary N) is 1. The molecule has 2 aromatic heterocycles. The second kappa shape index (κ2) is 6.42. The molecule has 1 aliphatic heterocycles. The van der Waals surface area contributed by atoms with Crippen LogP contribution in [0.1, 0.15) is 30.2 Å². The number of rotatable bonds is 3. The van der Waals surface area contributed by atoms with E-state index in [2.05, 4.69) is 19.2 Å². The Labute approximate surface area is 134 Å². The van der Waals surface area contributed by atoms with E-state index in [0.29, 0.717) is 31.2 Å². The molecule has 2 aromatic rings. The normalized spacial score (nSPS) is 21.4. The van der Waals surface area contributed by atoms with Crippen LogP contribution in [-0.4, -0.2) is 40.5 Å². The van der Waals surface area contributed by atoms with Gasteiger partial charge in [0.2, 0.25) is 0 Å². The van der Waals surface area contributed by atoms with E-state index >= 15 is 0 Å². The van der Waals surface area contributed by atoms with Crippen LogP contribution in [0.5, 0.6) is 0 Å². The zero-order valence-electron chi connectivity index (χ0n) is 13.4. The summed E-state index contributed by atoms with van der Waals surface area (Å²) < 4.78 is 7.20. The maximum absolute atomic E-state index is 12.6. The summed E-state index contributed by atoms with van der Waals surface area (Å²) in [5.41, 5.74) is -0.0958. The third-order valence-electron chi connectivity index (χ3n) is 3.94. The highest BCUT2D eigenvalue weighted by atomic mass is 16.4. The molecule has 0 saturated carbocycles. The van der Waals surface area contributed by atoms with Crippen molar-refractivity contribution in [1.29, 1.82) is 0 Å². The van der Waals surface area contributed by atoms with Crippen LogP contribution in [0, 0.1) is 0 Å². The van der Waals surface area contributed by atoms with Crippen LogP contribution in [0.3, 0.4) is 0 Å². The van der Waals surface area contributed by atoms with Crippen molar-refractivity contribution in [1.82, 2.24) is 14.8 Å². The van der Waals surface area contributed by atoms with E-state index in [1.165, 1.54) is 6.07 Å². The van der Waals surface area contributed by atoms with Gasteiger partial charge in [-0.25, -0.2) is 0 Å². The Morgan fingerprint density at radius 2 is 1.96 bits per heavy atom. The van der Waals surface area contributed by atoms with Gasteiger partial charge in [0.15, 0.2) is 5.76 Å². The fraction of sp³-hybridized carbons (Fsp3) is 0.412. The molecule has 2 unspecified atom stereocenters. The number of piperazine rings is 1. The number of carbonyl (C=O) groups excluding carboxylic acids is 1. The second-order valence-electron chi connectivity index (χ2n) is 6.11. The van der Waals surface area contributed by atoms with Gasteiger partial charge in [0, 0.05) is 37.4 Å². The van der Waals surface area contributed by atoms with Gasteiger partial charge in [-0.15, -0.1) is 0 Å². The molecular weight excluding hydrogens is 294 g/mol. The summed E-state index contributed by atoms with van der Waals surface area (Å²) in [5.74, 6) is 0.819. The summed E-state index contributed by atoms with van der Waals surface area (Å²) >= 11 is 0. The first-order valence-corrected chi connectivity index (χ1v) is 7.82. The lowest BCUT2D eigenvalue weighted by atomic mass is 10.1. The van der Waals surface area contributed by atoms with Crippen molar-refractivity contribution in [2.24, 2.45) is 0 Å². The molecule has 2 atom stereocenters. The first kappa shape index (κ1) is 15.6. The number of nitrogens with zero attached hydrogens (tertiary/aromatic N) is 2. The lowest BCUT2D eigenvalue weighted by Crippen LogP contribution is -2.55. The summed E-state index contributed by atoms with van der Waals surface area (Å²) in [6, 6.07) is 8.95. The van der Waals surface area contributed by atoms with Gasteiger partial charge < -0.3 is 19.2 Å². The fourth-order valence-electron chi connectivity index (χ4n) is 2.99. The lowest BCUT2D eigenvalue weighted by Gasteiger charge is -2.35. The highest BCUT2D eigenvalue weighted by Crippen LogP contribution is 2.14. The van der Waals surface area contributed by atoms with Gasteiger partial charge in [-0.1, -0.05) is 6.07 Å². The minimum atomic E-state index is -0.100. The van der Waals surface area contributed by atoms with Gasteiger partial charge in [0.25, 0.3) is 11.5 Å². The van der Waals surface area contributed by atoms with Crippen molar-refractivity contribution < 1.29 is 9.21 Å². The number of carbonyl (C=O) groups is 1. The first-order chi connectivity index (χ1) is 11.0. The molecule has 1 saturated heterocycles. The summed E-state index contributed by atoms with van der Waals surface area (Å²) in [4.78, 5) is 26.1. The Bertz CT molecular complexity index is 739. The molecule has 23 heavy (non-hydrogen) atoms. The Balaban J connectivity index is 1.73. The maximum atomic E-state index is 12.6. The second-order valence-corrected chi connectivity index (χ2v) is 6.11. The number of pyridine rings is 1. The molecular formula is C17H21N3O3. The molecule has 1 N–H and O–H groups in total. The number of furan rings is 1. The number of aromatic nitrogens is 1. The molecule has 6 nitrogen and oxygen atoms in total. The predicted molar refractivity (Wildman–Crippen MR) is 86.5 cm³/mol.